The van der Waals surface area contributed by atoms with E-state index in [-0.39, 0.29) is 0 Å². The molecule has 1 aliphatic heterocycles. The highest BCUT2D eigenvalue weighted by atomic mass is 14.7. The molecule has 0 saturated carbocycles. The summed E-state index contributed by atoms with van der Waals surface area (Å²) < 4.78 is 0. The summed E-state index contributed by atoms with van der Waals surface area (Å²) in [5.41, 5.74) is 6.38. The molecule has 1 aromatic heterocycles. The summed E-state index contributed by atoms with van der Waals surface area (Å²) in [5, 5.41) is 0. The SMILES string of the molecule is C=C1/C=C\c2cc(C)nc(C)c2C/C=C\C(C)=N1. The van der Waals surface area contributed by atoms with Crippen LogP contribution >= 0.6 is 0 Å². The summed E-state index contributed by atoms with van der Waals surface area (Å²) in [6.45, 7) is 10.0. The lowest BCUT2D eigenvalue weighted by molar-refractivity contribution is 1.05. The number of fused-ring (bicyclic) bond motifs is 1. The third-order valence-corrected chi connectivity index (χ3v) is 2.95. The second kappa shape index (κ2) is 5.13. The Kier molecular flexibility index (Phi) is 3.56. The number of rotatable bonds is 0. The molecule has 2 rings (SSSR count). The maximum Gasteiger partial charge on any atom is 0.0561 e. The van der Waals surface area contributed by atoms with Crippen molar-refractivity contribution in [2.24, 2.45) is 4.99 Å². The van der Waals surface area contributed by atoms with Crippen molar-refractivity contribution < 1.29 is 0 Å². The zero-order chi connectivity index (χ0) is 13.1. The highest BCUT2D eigenvalue weighted by Gasteiger charge is 2.06. The van der Waals surface area contributed by atoms with Crippen molar-refractivity contribution in [1.82, 2.24) is 4.98 Å². The van der Waals surface area contributed by atoms with Gasteiger partial charge in [-0.05, 0) is 56.5 Å². The normalized spacial score (nSPS) is 18.8. The standard InChI is InChI=1S/C16H18N2/c1-11-6-5-7-16-14(4)18-13(3)10-15(16)9-8-12(2)17-11/h5-6,8-10H,2,7H2,1,3-4H3/b6-5-,9-8-,17-11?. The van der Waals surface area contributed by atoms with Gasteiger partial charge in [0, 0.05) is 17.1 Å². The smallest absolute Gasteiger partial charge is 0.0561 e. The van der Waals surface area contributed by atoms with Gasteiger partial charge in [-0.3, -0.25) is 9.98 Å². The van der Waals surface area contributed by atoms with Crippen LogP contribution < -0.4 is 0 Å². The lowest BCUT2D eigenvalue weighted by Crippen LogP contribution is -1.99. The van der Waals surface area contributed by atoms with Gasteiger partial charge in [-0.2, -0.15) is 0 Å². The molecule has 0 unspecified atom stereocenters. The fourth-order valence-corrected chi connectivity index (χ4v) is 2.13. The second-order valence-corrected chi connectivity index (χ2v) is 4.60. The first-order chi connectivity index (χ1) is 8.56. The summed E-state index contributed by atoms with van der Waals surface area (Å²) in [5.74, 6) is 0. The Bertz CT molecular complexity index is 575. The summed E-state index contributed by atoms with van der Waals surface area (Å²) in [6.07, 6.45) is 9.09. The van der Waals surface area contributed by atoms with E-state index in [0.717, 1.165) is 29.2 Å². The van der Waals surface area contributed by atoms with Crippen LogP contribution in [0.1, 0.15) is 29.4 Å². The third-order valence-electron chi connectivity index (χ3n) is 2.95. The zero-order valence-corrected chi connectivity index (χ0v) is 11.2. The molecule has 1 aromatic rings. The van der Waals surface area contributed by atoms with Crippen LogP contribution in [0.4, 0.5) is 0 Å². The topological polar surface area (TPSA) is 25.2 Å². The summed E-state index contributed by atoms with van der Waals surface area (Å²) in [4.78, 5) is 8.92. The molecule has 0 radical (unpaired) electrons. The summed E-state index contributed by atoms with van der Waals surface area (Å²) in [6, 6.07) is 2.11. The van der Waals surface area contributed by atoms with E-state index in [1.165, 1.54) is 11.1 Å². The quantitative estimate of drug-likeness (QED) is 0.675. The Balaban J connectivity index is 2.54. The zero-order valence-electron chi connectivity index (χ0n) is 11.2. The fraction of sp³-hybridized carbons (Fsp3) is 0.250. The molecule has 0 amide bonds. The number of pyridine rings is 1. The molecule has 0 saturated heterocycles. The number of allylic oxidation sites excluding steroid dienone is 3. The molecule has 0 aliphatic carbocycles. The van der Waals surface area contributed by atoms with Crippen LogP contribution in [0.2, 0.25) is 0 Å². The monoisotopic (exact) mass is 238 g/mol. The first-order valence-corrected chi connectivity index (χ1v) is 6.12. The van der Waals surface area contributed by atoms with Crippen molar-refractivity contribution in [3.05, 3.63) is 59.1 Å². The van der Waals surface area contributed by atoms with Gasteiger partial charge in [0.1, 0.15) is 0 Å². The van der Waals surface area contributed by atoms with Crippen molar-refractivity contribution in [2.75, 3.05) is 0 Å². The number of aryl methyl sites for hydroxylation is 2. The van der Waals surface area contributed by atoms with Gasteiger partial charge in [0.2, 0.25) is 0 Å². The van der Waals surface area contributed by atoms with Crippen molar-refractivity contribution in [2.45, 2.75) is 27.2 Å². The molecule has 2 heterocycles. The molecule has 18 heavy (non-hydrogen) atoms. The maximum absolute atomic E-state index is 4.53. The minimum Gasteiger partial charge on any atom is -0.258 e. The number of nitrogens with zero attached hydrogens (tertiary/aromatic N) is 2. The van der Waals surface area contributed by atoms with Crippen molar-refractivity contribution in [3.8, 4) is 0 Å². The van der Waals surface area contributed by atoms with Gasteiger partial charge < -0.3 is 0 Å². The van der Waals surface area contributed by atoms with E-state index in [1.807, 2.05) is 26.0 Å². The van der Waals surface area contributed by atoms with Gasteiger partial charge in [-0.1, -0.05) is 18.7 Å². The van der Waals surface area contributed by atoms with Crippen LogP contribution in [0.25, 0.3) is 6.08 Å². The van der Waals surface area contributed by atoms with Crippen molar-refractivity contribution in [1.29, 1.82) is 0 Å². The highest BCUT2D eigenvalue weighted by molar-refractivity contribution is 5.93. The molecular weight excluding hydrogens is 220 g/mol. The van der Waals surface area contributed by atoms with E-state index >= 15 is 0 Å². The molecule has 0 N–H and O–H groups in total. The molecule has 2 nitrogen and oxygen atoms in total. The highest BCUT2D eigenvalue weighted by Crippen LogP contribution is 2.18. The maximum atomic E-state index is 4.53. The second-order valence-electron chi connectivity index (χ2n) is 4.60. The molecule has 0 bridgehead atoms. The van der Waals surface area contributed by atoms with Gasteiger partial charge in [-0.15, -0.1) is 0 Å². The van der Waals surface area contributed by atoms with E-state index in [2.05, 4.69) is 41.7 Å². The van der Waals surface area contributed by atoms with Crippen LogP contribution in [0.3, 0.4) is 0 Å². The van der Waals surface area contributed by atoms with Gasteiger partial charge in [0.05, 0.1) is 5.70 Å². The average Bonchev–Trinajstić information content (AvgIpc) is 2.28. The Hall–Kier alpha value is -1.96. The van der Waals surface area contributed by atoms with Crippen molar-refractivity contribution >= 4 is 11.8 Å². The molecule has 92 valence electrons. The number of aromatic nitrogens is 1. The Morgan fingerprint density at radius 2 is 1.89 bits per heavy atom. The third kappa shape index (κ3) is 2.83. The van der Waals surface area contributed by atoms with Crippen LogP contribution in [0, 0.1) is 13.8 Å². The molecule has 0 aromatic carbocycles. The molecule has 0 spiro atoms. The van der Waals surface area contributed by atoms with E-state index < -0.39 is 0 Å². The van der Waals surface area contributed by atoms with E-state index in [0.29, 0.717) is 0 Å². The van der Waals surface area contributed by atoms with Gasteiger partial charge in [-0.25, -0.2) is 0 Å². The molecule has 1 aliphatic rings. The average molecular weight is 238 g/mol. The number of aliphatic imine (C=N–C) groups is 1. The van der Waals surface area contributed by atoms with Gasteiger partial charge in [0.15, 0.2) is 0 Å². The van der Waals surface area contributed by atoms with Crippen molar-refractivity contribution in [3.63, 3.8) is 0 Å². The van der Waals surface area contributed by atoms with E-state index in [9.17, 15) is 0 Å². The van der Waals surface area contributed by atoms with Gasteiger partial charge >= 0.3 is 0 Å². The van der Waals surface area contributed by atoms with E-state index in [4.69, 9.17) is 0 Å². The predicted octanol–water partition coefficient (Wildman–Crippen LogP) is 3.80. The summed E-state index contributed by atoms with van der Waals surface area (Å²) in [7, 11) is 0. The fourth-order valence-electron chi connectivity index (χ4n) is 2.13. The molecule has 2 heteroatoms. The largest absolute Gasteiger partial charge is 0.258 e. The number of hydrogen-bond donors (Lipinski definition) is 0. The Morgan fingerprint density at radius 1 is 1.11 bits per heavy atom. The minimum atomic E-state index is 0.775. The van der Waals surface area contributed by atoms with Crippen LogP contribution in [0.15, 0.2) is 41.6 Å². The molecule has 0 fully saturated rings. The van der Waals surface area contributed by atoms with Crippen LogP contribution in [-0.2, 0) is 6.42 Å². The molecule has 0 atom stereocenters. The van der Waals surface area contributed by atoms with Gasteiger partial charge in [0.25, 0.3) is 0 Å². The van der Waals surface area contributed by atoms with E-state index in [1.54, 1.807) is 0 Å². The summed E-state index contributed by atoms with van der Waals surface area (Å²) >= 11 is 0. The lowest BCUT2D eigenvalue weighted by atomic mass is 10.0. The lowest BCUT2D eigenvalue weighted by Gasteiger charge is -2.10. The van der Waals surface area contributed by atoms with Crippen LogP contribution in [0.5, 0.6) is 0 Å². The predicted molar refractivity (Wildman–Crippen MR) is 77.8 cm³/mol. The first kappa shape index (κ1) is 12.5. The first-order valence-electron chi connectivity index (χ1n) is 6.12. The number of hydrogen-bond acceptors (Lipinski definition) is 2. The minimum absolute atomic E-state index is 0.775. The van der Waals surface area contributed by atoms with Crippen LogP contribution in [-0.4, -0.2) is 10.7 Å². The Morgan fingerprint density at radius 3 is 2.67 bits per heavy atom. The molecular formula is C16H18N2. The Labute approximate surface area is 108 Å².